The summed E-state index contributed by atoms with van der Waals surface area (Å²) < 4.78 is 5.90. The smallest absolute Gasteiger partial charge is 0.317 e. The van der Waals surface area contributed by atoms with Crippen LogP contribution in [0.3, 0.4) is 0 Å². The van der Waals surface area contributed by atoms with E-state index in [-0.39, 0.29) is 18.2 Å². The molecule has 2 amide bonds. The van der Waals surface area contributed by atoms with Crippen LogP contribution in [0.1, 0.15) is 26.7 Å². The average molecular weight is 331 g/mol. The molecular weight excluding hydrogens is 311 g/mol. The fourth-order valence-corrected chi connectivity index (χ4v) is 2.55. The Morgan fingerprint density at radius 1 is 1.29 bits per heavy atom. The van der Waals surface area contributed by atoms with E-state index in [1.165, 1.54) is 0 Å². The summed E-state index contributed by atoms with van der Waals surface area (Å²) in [5.74, 6) is 0.717. The van der Waals surface area contributed by atoms with Gasteiger partial charge in [-0.1, -0.05) is 23.2 Å². The van der Waals surface area contributed by atoms with E-state index < -0.39 is 0 Å². The van der Waals surface area contributed by atoms with Crippen molar-refractivity contribution in [2.75, 3.05) is 13.1 Å². The first kappa shape index (κ1) is 16.2. The van der Waals surface area contributed by atoms with Crippen molar-refractivity contribution in [3.63, 3.8) is 0 Å². The molecule has 0 aromatic heterocycles. The van der Waals surface area contributed by atoms with Gasteiger partial charge in [0.1, 0.15) is 11.9 Å². The molecule has 1 N–H and O–H groups in total. The zero-order valence-electron chi connectivity index (χ0n) is 12.2. The van der Waals surface area contributed by atoms with Gasteiger partial charge in [0.25, 0.3) is 0 Å². The van der Waals surface area contributed by atoms with Gasteiger partial charge >= 0.3 is 6.03 Å². The van der Waals surface area contributed by atoms with Gasteiger partial charge in [-0.15, -0.1) is 0 Å². The molecule has 1 aromatic rings. The number of halogens is 2. The predicted molar refractivity (Wildman–Crippen MR) is 85.4 cm³/mol. The molecule has 1 fully saturated rings. The predicted octanol–water partition coefficient (Wildman–Crippen LogP) is 3.95. The number of hydrogen-bond donors (Lipinski definition) is 1. The van der Waals surface area contributed by atoms with Crippen molar-refractivity contribution < 1.29 is 9.53 Å². The lowest BCUT2D eigenvalue weighted by Gasteiger charge is -2.32. The van der Waals surface area contributed by atoms with Gasteiger partial charge in [0.05, 0.1) is 10.0 Å². The van der Waals surface area contributed by atoms with Crippen molar-refractivity contribution >= 4 is 29.2 Å². The van der Waals surface area contributed by atoms with Gasteiger partial charge in [-0.25, -0.2) is 4.79 Å². The molecule has 1 aromatic carbocycles. The Morgan fingerprint density at radius 3 is 2.52 bits per heavy atom. The second kappa shape index (κ2) is 7.23. The van der Waals surface area contributed by atoms with E-state index >= 15 is 0 Å². The highest BCUT2D eigenvalue weighted by molar-refractivity contribution is 6.42. The molecule has 0 aliphatic carbocycles. The standard InChI is InChI=1S/C15H20Cl2N2O2/c1-10(2)18-15(20)19-7-5-11(6-8-19)21-12-3-4-13(16)14(17)9-12/h3-4,9-11H,5-8H2,1-2H3,(H,18,20). The molecule has 0 unspecified atom stereocenters. The first-order valence-corrected chi connectivity index (χ1v) is 7.88. The van der Waals surface area contributed by atoms with Crippen molar-refractivity contribution in [3.8, 4) is 5.75 Å². The number of amides is 2. The summed E-state index contributed by atoms with van der Waals surface area (Å²) in [4.78, 5) is 13.7. The summed E-state index contributed by atoms with van der Waals surface area (Å²) in [6, 6.07) is 5.42. The van der Waals surface area contributed by atoms with E-state index in [0.717, 1.165) is 18.6 Å². The molecule has 1 saturated heterocycles. The number of hydrogen-bond acceptors (Lipinski definition) is 2. The lowest BCUT2D eigenvalue weighted by Crippen LogP contribution is -2.48. The third-order valence-corrected chi connectivity index (χ3v) is 4.07. The number of carbonyl (C=O) groups excluding carboxylic acids is 1. The first-order chi connectivity index (χ1) is 9.95. The molecule has 0 saturated carbocycles. The highest BCUT2D eigenvalue weighted by Crippen LogP contribution is 2.28. The number of nitrogens with one attached hydrogen (secondary N) is 1. The monoisotopic (exact) mass is 330 g/mol. The molecule has 1 heterocycles. The van der Waals surface area contributed by atoms with Crippen LogP contribution in [0.4, 0.5) is 4.79 Å². The summed E-state index contributed by atoms with van der Waals surface area (Å²) in [5.41, 5.74) is 0. The van der Waals surface area contributed by atoms with Crippen LogP contribution in [0.25, 0.3) is 0 Å². The van der Waals surface area contributed by atoms with E-state index in [4.69, 9.17) is 27.9 Å². The molecule has 1 aliphatic rings. The second-order valence-electron chi connectivity index (χ2n) is 5.48. The third-order valence-electron chi connectivity index (χ3n) is 3.34. The Morgan fingerprint density at radius 2 is 1.95 bits per heavy atom. The molecule has 4 nitrogen and oxygen atoms in total. The van der Waals surface area contributed by atoms with Crippen molar-refractivity contribution in [1.82, 2.24) is 10.2 Å². The van der Waals surface area contributed by atoms with Crippen molar-refractivity contribution in [3.05, 3.63) is 28.2 Å². The molecule has 2 rings (SSSR count). The first-order valence-electron chi connectivity index (χ1n) is 7.13. The van der Waals surface area contributed by atoms with Crippen LogP contribution < -0.4 is 10.1 Å². The summed E-state index contributed by atoms with van der Waals surface area (Å²) in [6.07, 6.45) is 1.72. The molecule has 0 bridgehead atoms. The number of piperidine rings is 1. The quantitative estimate of drug-likeness (QED) is 0.911. The molecular formula is C15H20Cl2N2O2. The molecule has 0 spiro atoms. The number of rotatable bonds is 3. The zero-order valence-corrected chi connectivity index (χ0v) is 13.7. The van der Waals surface area contributed by atoms with Gasteiger partial charge < -0.3 is 15.0 Å². The number of carbonyl (C=O) groups is 1. The van der Waals surface area contributed by atoms with E-state index in [2.05, 4.69) is 5.32 Å². The molecule has 0 atom stereocenters. The van der Waals surface area contributed by atoms with Crippen molar-refractivity contribution in [2.45, 2.75) is 38.8 Å². The van der Waals surface area contributed by atoms with Crippen LogP contribution in [-0.4, -0.2) is 36.2 Å². The summed E-state index contributed by atoms with van der Waals surface area (Å²) in [5, 5.41) is 3.91. The summed E-state index contributed by atoms with van der Waals surface area (Å²) >= 11 is 11.9. The maximum absolute atomic E-state index is 11.9. The number of urea groups is 1. The van der Waals surface area contributed by atoms with Crippen LogP contribution in [-0.2, 0) is 0 Å². The maximum atomic E-state index is 11.9. The Labute approximate surface area is 135 Å². The summed E-state index contributed by atoms with van der Waals surface area (Å²) in [7, 11) is 0. The number of ether oxygens (including phenoxy) is 1. The van der Waals surface area contributed by atoms with Gasteiger partial charge in [0.2, 0.25) is 0 Å². The van der Waals surface area contributed by atoms with Crippen LogP contribution >= 0.6 is 23.2 Å². The zero-order chi connectivity index (χ0) is 15.4. The topological polar surface area (TPSA) is 41.6 Å². The largest absolute Gasteiger partial charge is 0.490 e. The molecule has 21 heavy (non-hydrogen) atoms. The number of likely N-dealkylation sites (tertiary alicyclic amines) is 1. The van der Waals surface area contributed by atoms with Gasteiger partial charge in [0.15, 0.2) is 0 Å². The normalized spacial score (nSPS) is 16.1. The number of benzene rings is 1. The van der Waals surface area contributed by atoms with Crippen molar-refractivity contribution in [1.29, 1.82) is 0 Å². The van der Waals surface area contributed by atoms with Gasteiger partial charge in [-0.3, -0.25) is 0 Å². The second-order valence-corrected chi connectivity index (χ2v) is 6.30. The minimum atomic E-state index is -0.00186. The lowest BCUT2D eigenvalue weighted by molar-refractivity contribution is 0.110. The minimum absolute atomic E-state index is 0.00186. The fourth-order valence-electron chi connectivity index (χ4n) is 2.26. The summed E-state index contributed by atoms with van der Waals surface area (Å²) in [6.45, 7) is 5.31. The Hall–Kier alpha value is -1.13. The van der Waals surface area contributed by atoms with E-state index in [1.54, 1.807) is 12.1 Å². The van der Waals surface area contributed by atoms with E-state index in [9.17, 15) is 4.79 Å². The molecule has 0 radical (unpaired) electrons. The highest BCUT2D eigenvalue weighted by Gasteiger charge is 2.24. The van der Waals surface area contributed by atoms with Crippen LogP contribution in [0, 0.1) is 0 Å². The van der Waals surface area contributed by atoms with Crippen LogP contribution in [0.5, 0.6) is 5.75 Å². The fraction of sp³-hybridized carbons (Fsp3) is 0.533. The third kappa shape index (κ3) is 4.68. The molecule has 6 heteroatoms. The van der Waals surface area contributed by atoms with Crippen LogP contribution in [0.2, 0.25) is 10.0 Å². The highest BCUT2D eigenvalue weighted by atomic mass is 35.5. The molecule has 1 aliphatic heterocycles. The van der Waals surface area contributed by atoms with Gasteiger partial charge in [-0.05, 0) is 26.0 Å². The number of nitrogens with zero attached hydrogens (tertiary/aromatic N) is 1. The van der Waals surface area contributed by atoms with Gasteiger partial charge in [0, 0.05) is 38.0 Å². The Kier molecular flexibility index (Phi) is 5.59. The maximum Gasteiger partial charge on any atom is 0.317 e. The van der Waals surface area contributed by atoms with Gasteiger partial charge in [-0.2, -0.15) is 0 Å². The van der Waals surface area contributed by atoms with E-state index in [0.29, 0.717) is 23.1 Å². The Bertz CT molecular complexity index is 500. The van der Waals surface area contributed by atoms with Crippen LogP contribution in [0.15, 0.2) is 18.2 Å². The Balaban J connectivity index is 1.84. The van der Waals surface area contributed by atoms with E-state index in [1.807, 2.05) is 24.8 Å². The SMILES string of the molecule is CC(C)NC(=O)N1CCC(Oc2ccc(Cl)c(Cl)c2)CC1. The van der Waals surface area contributed by atoms with Crippen molar-refractivity contribution in [2.24, 2.45) is 0 Å². The lowest BCUT2D eigenvalue weighted by atomic mass is 10.1. The average Bonchev–Trinajstić information content (AvgIpc) is 2.43. The minimum Gasteiger partial charge on any atom is -0.490 e. The molecule has 116 valence electrons.